The van der Waals surface area contributed by atoms with Crippen LogP contribution in [0.5, 0.6) is 0 Å². The van der Waals surface area contributed by atoms with Crippen molar-refractivity contribution in [2.45, 2.75) is 13.0 Å². The molecule has 1 aromatic heterocycles. The van der Waals surface area contributed by atoms with Gasteiger partial charge in [-0.15, -0.1) is 11.3 Å². The van der Waals surface area contributed by atoms with Crippen LogP contribution in [-0.4, -0.2) is 23.9 Å². The number of esters is 1. The molecule has 3 rings (SSSR count). The molecule has 0 fully saturated rings. The molecule has 0 spiro atoms. The average Bonchev–Trinajstić information content (AvgIpc) is 3.05. The van der Waals surface area contributed by atoms with Crippen LogP contribution in [0.25, 0.3) is 10.1 Å². The number of benzene rings is 2. The third-order valence-corrected chi connectivity index (χ3v) is 4.87. The van der Waals surface area contributed by atoms with Crippen LogP contribution in [0.15, 0.2) is 48.5 Å². The molecule has 1 heterocycles. The van der Waals surface area contributed by atoms with Gasteiger partial charge in [-0.1, -0.05) is 0 Å². The summed E-state index contributed by atoms with van der Waals surface area (Å²) in [5, 5.41) is 3.18. The van der Waals surface area contributed by atoms with Gasteiger partial charge in [0.15, 0.2) is 6.10 Å². The van der Waals surface area contributed by atoms with Gasteiger partial charge in [-0.3, -0.25) is 9.59 Å². The van der Waals surface area contributed by atoms with Crippen LogP contribution >= 0.6 is 11.3 Å². The number of anilines is 1. The lowest BCUT2D eigenvalue weighted by Gasteiger charge is -2.13. The van der Waals surface area contributed by atoms with E-state index in [1.807, 2.05) is 0 Å². The molecule has 3 N–H and O–H groups in total. The fourth-order valence-electron chi connectivity index (χ4n) is 2.35. The van der Waals surface area contributed by atoms with Crippen molar-refractivity contribution in [3.8, 4) is 0 Å². The number of hydrogen-bond donors (Lipinski definition) is 2. The number of fused-ring (bicyclic) bond motifs is 1. The molecule has 27 heavy (non-hydrogen) atoms. The summed E-state index contributed by atoms with van der Waals surface area (Å²) in [6, 6.07) is 11.7. The maximum atomic E-state index is 13.2. The van der Waals surface area contributed by atoms with E-state index in [2.05, 4.69) is 5.32 Å². The van der Waals surface area contributed by atoms with Crippen molar-refractivity contribution in [1.82, 2.24) is 0 Å². The lowest BCUT2D eigenvalue weighted by atomic mass is 10.2. The number of carbonyl (C=O) groups is 3. The quantitative estimate of drug-likeness (QED) is 0.657. The van der Waals surface area contributed by atoms with Gasteiger partial charge >= 0.3 is 5.97 Å². The Morgan fingerprint density at radius 1 is 1.11 bits per heavy atom. The van der Waals surface area contributed by atoms with Crippen molar-refractivity contribution in [3.05, 3.63) is 64.8 Å². The molecule has 1 unspecified atom stereocenters. The van der Waals surface area contributed by atoms with Gasteiger partial charge in [0.05, 0.1) is 0 Å². The predicted octanol–water partition coefficient (Wildman–Crippen LogP) is 3.32. The van der Waals surface area contributed by atoms with Gasteiger partial charge < -0.3 is 15.8 Å². The Balaban J connectivity index is 1.64. The summed E-state index contributed by atoms with van der Waals surface area (Å²) in [6.07, 6.45) is -1.05. The van der Waals surface area contributed by atoms with Crippen molar-refractivity contribution >= 4 is 44.9 Å². The first-order valence-electron chi connectivity index (χ1n) is 7.94. The highest BCUT2D eigenvalue weighted by molar-refractivity contribution is 7.20. The minimum atomic E-state index is -1.05. The van der Waals surface area contributed by atoms with Crippen LogP contribution < -0.4 is 11.1 Å². The summed E-state index contributed by atoms with van der Waals surface area (Å²) < 4.78 is 19.2. The summed E-state index contributed by atoms with van der Waals surface area (Å²) in [6.45, 7) is 1.44. The molecule has 0 radical (unpaired) electrons. The molecule has 8 heteroatoms. The van der Waals surface area contributed by atoms with E-state index in [1.165, 1.54) is 49.4 Å². The van der Waals surface area contributed by atoms with Gasteiger partial charge in [0.25, 0.3) is 5.91 Å². The Bertz CT molecular complexity index is 1030. The molecular weight excluding hydrogens is 371 g/mol. The summed E-state index contributed by atoms with van der Waals surface area (Å²) in [7, 11) is 0. The number of ether oxygens (including phenoxy) is 1. The number of rotatable bonds is 5. The first kappa shape index (κ1) is 18.5. The van der Waals surface area contributed by atoms with E-state index >= 15 is 0 Å². The Morgan fingerprint density at radius 2 is 1.81 bits per heavy atom. The number of carbonyl (C=O) groups excluding carboxylic acids is 3. The topological polar surface area (TPSA) is 98.5 Å². The lowest BCUT2D eigenvalue weighted by Crippen LogP contribution is -2.29. The number of hydrogen-bond acceptors (Lipinski definition) is 5. The Hall–Kier alpha value is -3.26. The minimum absolute atomic E-state index is 0.279. The third-order valence-electron chi connectivity index (χ3n) is 3.77. The average molecular weight is 386 g/mol. The monoisotopic (exact) mass is 386 g/mol. The van der Waals surface area contributed by atoms with E-state index in [-0.39, 0.29) is 4.88 Å². The molecule has 2 aromatic carbocycles. The van der Waals surface area contributed by atoms with E-state index in [0.717, 1.165) is 16.0 Å². The lowest BCUT2D eigenvalue weighted by molar-refractivity contribution is -0.123. The molecule has 0 aliphatic heterocycles. The first-order valence-corrected chi connectivity index (χ1v) is 8.76. The second kappa shape index (κ2) is 7.55. The predicted molar refractivity (Wildman–Crippen MR) is 100 cm³/mol. The molecule has 0 saturated carbocycles. The normalized spacial score (nSPS) is 11.8. The largest absolute Gasteiger partial charge is 0.448 e. The van der Waals surface area contributed by atoms with E-state index in [0.29, 0.717) is 16.6 Å². The highest BCUT2D eigenvalue weighted by Crippen LogP contribution is 2.27. The van der Waals surface area contributed by atoms with Crippen molar-refractivity contribution in [2.24, 2.45) is 5.73 Å². The minimum Gasteiger partial charge on any atom is -0.448 e. The number of nitrogens with one attached hydrogen (secondary N) is 1. The summed E-state index contributed by atoms with van der Waals surface area (Å²) in [4.78, 5) is 35.8. The number of halogens is 1. The van der Waals surface area contributed by atoms with Crippen molar-refractivity contribution < 1.29 is 23.5 Å². The second-order valence-corrected chi connectivity index (χ2v) is 6.85. The molecule has 2 amide bonds. The molecule has 1 atom stereocenters. The van der Waals surface area contributed by atoms with Gasteiger partial charge in [-0.25, -0.2) is 9.18 Å². The van der Waals surface area contributed by atoms with Gasteiger partial charge in [0.2, 0.25) is 5.91 Å². The van der Waals surface area contributed by atoms with Crippen LogP contribution in [0.3, 0.4) is 0 Å². The zero-order chi connectivity index (χ0) is 19.6. The zero-order valence-corrected chi connectivity index (χ0v) is 15.0. The van der Waals surface area contributed by atoms with E-state index in [1.54, 1.807) is 6.07 Å². The first-order chi connectivity index (χ1) is 12.8. The SMILES string of the molecule is CC(OC(=O)c1cc2cc(F)ccc2s1)C(=O)Nc1ccc(C(N)=O)cc1. The third kappa shape index (κ3) is 4.29. The summed E-state index contributed by atoms with van der Waals surface area (Å²) in [5.74, 6) is -2.15. The summed E-state index contributed by atoms with van der Waals surface area (Å²) in [5.41, 5.74) is 5.91. The maximum Gasteiger partial charge on any atom is 0.349 e. The van der Waals surface area contributed by atoms with Crippen molar-refractivity contribution in [3.63, 3.8) is 0 Å². The van der Waals surface area contributed by atoms with Gasteiger partial charge in [0.1, 0.15) is 10.7 Å². The second-order valence-electron chi connectivity index (χ2n) is 5.77. The van der Waals surface area contributed by atoms with Crippen molar-refractivity contribution in [1.29, 1.82) is 0 Å². The van der Waals surface area contributed by atoms with Crippen molar-refractivity contribution in [2.75, 3.05) is 5.32 Å². The summed E-state index contributed by atoms with van der Waals surface area (Å²) >= 11 is 1.16. The molecule has 0 aliphatic rings. The number of amides is 2. The molecule has 3 aromatic rings. The number of primary amides is 1. The molecule has 0 bridgehead atoms. The highest BCUT2D eigenvalue weighted by atomic mass is 32.1. The van der Waals surface area contributed by atoms with Crippen LogP contribution in [0, 0.1) is 5.82 Å². The molecule has 138 valence electrons. The smallest absolute Gasteiger partial charge is 0.349 e. The Kier molecular flexibility index (Phi) is 5.18. The molecule has 0 saturated heterocycles. The fraction of sp³-hybridized carbons (Fsp3) is 0.105. The molecule has 6 nitrogen and oxygen atoms in total. The van der Waals surface area contributed by atoms with E-state index in [9.17, 15) is 18.8 Å². The van der Waals surface area contributed by atoms with Crippen LogP contribution in [-0.2, 0) is 9.53 Å². The van der Waals surface area contributed by atoms with Gasteiger partial charge in [-0.2, -0.15) is 0 Å². The zero-order valence-electron chi connectivity index (χ0n) is 14.2. The molecular formula is C19H15FN2O4S. The van der Waals surface area contributed by atoms with Crippen LogP contribution in [0.4, 0.5) is 10.1 Å². The van der Waals surface area contributed by atoms with E-state index in [4.69, 9.17) is 10.5 Å². The number of nitrogens with two attached hydrogens (primary N) is 1. The highest BCUT2D eigenvalue weighted by Gasteiger charge is 2.20. The van der Waals surface area contributed by atoms with E-state index < -0.39 is 29.7 Å². The van der Waals surface area contributed by atoms with Gasteiger partial charge in [0, 0.05) is 16.0 Å². The van der Waals surface area contributed by atoms with Crippen LogP contribution in [0.1, 0.15) is 27.0 Å². The number of thiophene rings is 1. The fourth-order valence-corrected chi connectivity index (χ4v) is 3.27. The Labute approximate surface area is 157 Å². The van der Waals surface area contributed by atoms with Crippen LogP contribution in [0.2, 0.25) is 0 Å². The standard InChI is InChI=1S/C19H15FN2O4S/c1-10(18(24)22-14-5-2-11(3-6-14)17(21)23)26-19(25)16-9-12-8-13(20)4-7-15(12)27-16/h2-10H,1H3,(H2,21,23)(H,22,24). The van der Waals surface area contributed by atoms with Gasteiger partial charge in [-0.05, 0) is 60.8 Å². The molecule has 0 aliphatic carbocycles. The Morgan fingerprint density at radius 3 is 2.48 bits per heavy atom. The maximum absolute atomic E-state index is 13.2.